The molecule has 0 spiro atoms. The van der Waals surface area contributed by atoms with Gasteiger partial charge in [-0.2, -0.15) is 0 Å². The molecule has 0 fully saturated rings. The van der Waals surface area contributed by atoms with Gasteiger partial charge in [0.15, 0.2) is 6.61 Å². The first-order chi connectivity index (χ1) is 11.7. The molecule has 3 aromatic rings. The summed E-state index contributed by atoms with van der Waals surface area (Å²) in [4.78, 5) is 14.4. The topological polar surface area (TPSA) is 29.5 Å². The molecule has 1 aliphatic rings. The number of rotatable bonds is 3. The second-order valence-corrected chi connectivity index (χ2v) is 6.21. The van der Waals surface area contributed by atoms with Crippen molar-refractivity contribution < 1.29 is 9.53 Å². The van der Waals surface area contributed by atoms with Gasteiger partial charge in [0.1, 0.15) is 5.75 Å². The third-order valence-corrected chi connectivity index (χ3v) is 4.70. The molecule has 1 heterocycles. The SMILES string of the molecule is O=C(COc1ccc(Cl)c2ccccc12)N1CCc2ccccc21. The van der Waals surface area contributed by atoms with E-state index in [4.69, 9.17) is 16.3 Å². The van der Waals surface area contributed by atoms with Crippen LogP contribution < -0.4 is 9.64 Å². The summed E-state index contributed by atoms with van der Waals surface area (Å²) < 4.78 is 5.81. The van der Waals surface area contributed by atoms with E-state index in [-0.39, 0.29) is 12.5 Å². The minimum atomic E-state index is -0.0287. The van der Waals surface area contributed by atoms with Gasteiger partial charge >= 0.3 is 0 Å². The monoisotopic (exact) mass is 337 g/mol. The lowest BCUT2D eigenvalue weighted by Crippen LogP contribution is -2.33. The highest BCUT2D eigenvalue weighted by Crippen LogP contribution is 2.32. The van der Waals surface area contributed by atoms with Crippen molar-refractivity contribution in [1.29, 1.82) is 0 Å². The van der Waals surface area contributed by atoms with Crippen molar-refractivity contribution in [3.8, 4) is 5.75 Å². The predicted octanol–water partition coefficient (Wildman–Crippen LogP) is 4.46. The zero-order valence-corrected chi connectivity index (χ0v) is 13.8. The van der Waals surface area contributed by atoms with Gasteiger partial charge in [-0.3, -0.25) is 4.79 Å². The maximum atomic E-state index is 12.6. The van der Waals surface area contributed by atoms with Crippen LogP contribution in [-0.2, 0) is 11.2 Å². The highest BCUT2D eigenvalue weighted by atomic mass is 35.5. The second-order valence-electron chi connectivity index (χ2n) is 5.80. The standard InChI is InChI=1S/C20H16ClNO2/c21-17-9-10-19(16-7-3-2-6-15(16)17)24-13-20(23)22-12-11-14-5-1-4-8-18(14)22/h1-10H,11-13H2. The summed E-state index contributed by atoms with van der Waals surface area (Å²) in [5.41, 5.74) is 2.20. The van der Waals surface area contributed by atoms with Crippen LogP contribution in [0.3, 0.4) is 0 Å². The van der Waals surface area contributed by atoms with Gasteiger partial charge in [-0.1, -0.05) is 54.1 Å². The van der Waals surface area contributed by atoms with E-state index in [2.05, 4.69) is 6.07 Å². The van der Waals surface area contributed by atoms with E-state index in [9.17, 15) is 4.79 Å². The van der Waals surface area contributed by atoms with Crippen molar-refractivity contribution in [2.45, 2.75) is 6.42 Å². The Morgan fingerprint density at radius 2 is 1.75 bits per heavy atom. The Morgan fingerprint density at radius 3 is 2.62 bits per heavy atom. The molecule has 0 aliphatic carbocycles. The fraction of sp³-hybridized carbons (Fsp3) is 0.150. The largest absolute Gasteiger partial charge is 0.483 e. The van der Waals surface area contributed by atoms with Crippen molar-refractivity contribution in [2.24, 2.45) is 0 Å². The normalized spacial score (nSPS) is 13.1. The lowest BCUT2D eigenvalue weighted by atomic mass is 10.1. The number of halogens is 1. The second kappa shape index (κ2) is 6.17. The van der Waals surface area contributed by atoms with Crippen LogP contribution in [0, 0.1) is 0 Å². The third kappa shape index (κ3) is 2.61. The van der Waals surface area contributed by atoms with E-state index in [1.807, 2.05) is 48.5 Å². The molecule has 3 nitrogen and oxygen atoms in total. The summed E-state index contributed by atoms with van der Waals surface area (Å²) in [7, 11) is 0. The molecule has 0 saturated heterocycles. The maximum Gasteiger partial charge on any atom is 0.264 e. The molecule has 3 aromatic carbocycles. The number of para-hydroxylation sites is 1. The van der Waals surface area contributed by atoms with Gasteiger partial charge < -0.3 is 9.64 Å². The Morgan fingerprint density at radius 1 is 1.00 bits per heavy atom. The quantitative estimate of drug-likeness (QED) is 0.706. The van der Waals surface area contributed by atoms with Gasteiger partial charge in [-0.25, -0.2) is 0 Å². The first kappa shape index (κ1) is 15.0. The van der Waals surface area contributed by atoms with Crippen LogP contribution in [-0.4, -0.2) is 19.1 Å². The Labute approximate surface area is 145 Å². The number of anilines is 1. The van der Waals surface area contributed by atoms with Crippen LogP contribution in [0.2, 0.25) is 5.02 Å². The van der Waals surface area contributed by atoms with Crippen molar-refractivity contribution in [3.63, 3.8) is 0 Å². The molecule has 1 aliphatic heterocycles. The number of nitrogens with zero attached hydrogens (tertiary/aromatic N) is 1. The predicted molar refractivity (Wildman–Crippen MR) is 97.0 cm³/mol. The Balaban J connectivity index is 1.54. The molecule has 24 heavy (non-hydrogen) atoms. The van der Waals surface area contributed by atoms with Gasteiger partial charge in [0.25, 0.3) is 5.91 Å². The molecule has 4 rings (SSSR count). The van der Waals surface area contributed by atoms with Crippen LogP contribution in [0.25, 0.3) is 10.8 Å². The Bertz CT molecular complexity index is 922. The van der Waals surface area contributed by atoms with E-state index < -0.39 is 0 Å². The average molecular weight is 338 g/mol. The molecule has 1 amide bonds. The summed E-state index contributed by atoms with van der Waals surface area (Å²) in [5, 5.41) is 2.52. The van der Waals surface area contributed by atoms with Crippen molar-refractivity contribution in [3.05, 3.63) is 71.2 Å². The number of hydrogen-bond donors (Lipinski definition) is 0. The Hall–Kier alpha value is -2.52. The first-order valence-electron chi connectivity index (χ1n) is 7.92. The molecule has 120 valence electrons. The number of benzene rings is 3. The number of amides is 1. The molecular weight excluding hydrogens is 322 g/mol. The van der Waals surface area contributed by atoms with Gasteiger partial charge in [-0.15, -0.1) is 0 Å². The van der Waals surface area contributed by atoms with E-state index in [1.165, 1.54) is 5.56 Å². The van der Waals surface area contributed by atoms with E-state index >= 15 is 0 Å². The number of carbonyl (C=O) groups excluding carboxylic acids is 1. The summed E-state index contributed by atoms with van der Waals surface area (Å²) >= 11 is 6.22. The summed E-state index contributed by atoms with van der Waals surface area (Å²) in [6, 6.07) is 19.4. The van der Waals surface area contributed by atoms with Crippen LogP contribution >= 0.6 is 11.6 Å². The van der Waals surface area contributed by atoms with Gasteiger partial charge in [0.2, 0.25) is 0 Å². The first-order valence-corrected chi connectivity index (χ1v) is 8.30. The lowest BCUT2D eigenvalue weighted by Gasteiger charge is -2.18. The Kier molecular flexibility index (Phi) is 3.87. The molecule has 0 aromatic heterocycles. The van der Waals surface area contributed by atoms with E-state index in [0.29, 0.717) is 17.3 Å². The molecule has 0 atom stereocenters. The fourth-order valence-electron chi connectivity index (χ4n) is 3.18. The van der Waals surface area contributed by atoms with E-state index in [1.54, 1.807) is 11.0 Å². The van der Waals surface area contributed by atoms with Gasteiger partial charge in [-0.05, 0) is 30.2 Å². The molecule has 4 heteroatoms. The van der Waals surface area contributed by atoms with Crippen LogP contribution in [0.1, 0.15) is 5.56 Å². The number of ether oxygens (including phenoxy) is 1. The van der Waals surface area contributed by atoms with Gasteiger partial charge in [0.05, 0.1) is 0 Å². The fourth-order valence-corrected chi connectivity index (χ4v) is 3.40. The van der Waals surface area contributed by atoms with Crippen molar-refractivity contribution >= 4 is 34.0 Å². The van der Waals surface area contributed by atoms with Crippen molar-refractivity contribution in [2.75, 3.05) is 18.1 Å². The third-order valence-electron chi connectivity index (χ3n) is 4.37. The highest BCUT2D eigenvalue weighted by Gasteiger charge is 2.24. The van der Waals surface area contributed by atoms with Crippen molar-refractivity contribution in [1.82, 2.24) is 0 Å². The van der Waals surface area contributed by atoms with Crippen LogP contribution in [0.15, 0.2) is 60.7 Å². The zero-order valence-electron chi connectivity index (χ0n) is 13.0. The molecule has 0 saturated carbocycles. The molecule has 0 bridgehead atoms. The molecule has 0 N–H and O–H groups in total. The molecule has 0 radical (unpaired) electrons. The minimum Gasteiger partial charge on any atom is -0.483 e. The minimum absolute atomic E-state index is 0.0139. The summed E-state index contributed by atoms with van der Waals surface area (Å²) in [5.74, 6) is 0.648. The average Bonchev–Trinajstić information content (AvgIpc) is 3.05. The molecule has 0 unspecified atom stereocenters. The van der Waals surface area contributed by atoms with Crippen LogP contribution in [0.5, 0.6) is 5.75 Å². The lowest BCUT2D eigenvalue weighted by molar-refractivity contribution is -0.120. The van der Waals surface area contributed by atoms with Crippen LogP contribution in [0.4, 0.5) is 5.69 Å². The summed E-state index contributed by atoms with van der Waals surface area (Å²) in [6.07, 6.45) is 0.895. The number of fused-ring (bicyclic) bond motifs is 2. The zero-order chi connectivity index (χ0) is 16.5. The summed E-state index contributed by atoms with van der Waals surface area (Å²) in [6.45, 7) is 0.725. The smallest absolute Gasteiger partial charge is 0.264 e. The van der Waals surface area contributed by atoms with Gasteiger partial charge in [0, 0.05) is 28.0 Å². The van der Waals surface area contributed by atoms with E-state index in [0.717, 1.165) is 22.9 Å². The molecular formula is C20H16ClNO2. The maximum absolute atomic E-state index is 12.6. The number of carbonyl (C=O) groups is 1. The number of hydrogen-bond acceptors (Lipinski definition) is 2. The highest BCUT2D eigenvalue weighted by molar-refractivity contribution is 6.35.